The number of nitrogens with zero attached hydrogens (tertiary/aromatic N) is 1. The van der Waals surface area contributed by atoms with Crippen LogP contribution >= 0.6 is 0 Å². The number of unbranched alkanes of at least 4 members (excludes halogenated alkanes) is 3. The van der Waals surface area contributed by atoms with Crippen molar-refractivity contribution in [1.29, 1.82) is 0 Å². The molecule has 1 aromatic rings. The summed E-state index contributed by atoms with van der Waals surface area (Å²) in [5.41, 5.74) is 1.10. The number of aryl methyl sites for hydroxylation is 1. The van der Waals surface area contributed by atoms with Gasteiger partial charge in [-0.05, 0) is 24.8 Å². The molecule has 1 rings (SSSR count). The zero-order valence-corrected chi connectivity index (χ0v) is 11.9. The third kappa shape index (κ3) is 5.85. The Hall–Kier alpha value is -1.31. The molecule has 0 atom stereocenters. The minimum atomic E-state index is -0.302. The van der Waals surface area contributed by atoms with Crippen molar-refractivity contribution >= 4 is 6.21 Å². The molecule has 0 aliphatic rings. The average Bonchev–Trinajstić information content (AvgIpc) is 2.33. The van der Waals surface area contributed by atoms with Gasteiger partial charge >= 0.3 is 0 Å². The molecule has 0 saturated carbocycles. The molecule has 18 heavy (non-hydrogen) atoms. The second kappa shape index (κ2) is 7.20. The maximum absolute atomic E-state index is 11.6. The summed E-state index contributed by atoms with van der Waals surface area (Å²) in [7, 11) is 0. The van der Waals surface area contributed by atoms with E-state index in [1.165, 1.54) is 18.4 Å². The van der Waals surface area contributed by atoms with Crippen molar-refractivity contribution in [3.8, 4) is 0 Å². The van der Waals surface area contributed by atoms with Gasteiger partial charge in [-0.25, -0.2) is 4.74 Å². The lowest BCUT2D eigenvalue weighted by molar-refractivity contribution is -0.532. The summed E-state index contributed by atoms with van der Waals surface area (Å²) in [5, 5.41) is 11.6. The molecule has 1 aromatic carbocycles. The highest BCUT2D eigenvalue weighted by atomic mass is 16.5. The van der Waals surface area contributed by atoms with Crippen molar-refractivity contribution in [2.24, 2.45) is 0 Å². The normalized spacial score (nSPS) is 12.7. The Kier molecular flexibility index (Phi) is 5.90. The van der Waals surface area contributed by atoms with Crippen LogP contribution in [0.25, 0.3) is 0 Å². The van der Waals surface area contributed by atoms with E-state index >= 15 is 0 Å². The number of hydroxylamine groups is 1. The Morgan fingerprint density at radius 1 is 1.06 bits per heavy atom. The number of rotatable bonds is 6. The van der Waals surface area contributed by atoms with Crippen molar-refractivity contribution in [3.63, 3.8) is 0 Å². The molecule has 0 unspecified atom stereocenters. The van der Waals surface area contributed by atoms with E-state index in [-0.39, 0.29) is 5.54 Å². The van der Waals surface area contributed by atoms with Crippen LogP contribution in [-0.4, -0.2) is 16.5 Å². The first kappa shape index (κ1) is 14.7. The largest absolute Gasteiger partial charge is 0.624 e. The van der Waals surface area contributed by atoms with Crippen LogP contribution in [0.1, 0.15) is 52.0 Å². The Morgan fingerprint density at radius 2 is 1.72 bits per heavy atom. The summed E-state index contributed by atoms with van der Waals surface area (Å²) in [6.45, 7) is 5.81. The highest BCUT2D eigenvalue weighted by molar-refractivity contribution is 5.51. The highest BCUT2D eigenvalue weighted by Crippen LogP contribution is 2.08. The molecule has 0 aliphatic heterocycles. The van der Waals surface area contributed by atoms with E-state index in [4.69, 9.17) is 0 Å². The molecule has 0 heterocycles. The van der Waals surface area contributed by atoms with Gasteiger partial charge in [0.2, 0.25) is 0 Å². The monoisotopic (exact) mass is 247 g/mol. The molecule has 100 valence electrons. The smallest absolute Gasteiger partial charge is 0.164 e. The summed E-state index contributed by atoms with van der Waals surface area (Å²) in [4.78, 5) is 0. The van der Waals surface area contributed by atoms with Crippen molar-refractivity contribution in [3.05, 3.63) is 41.1 Å². The lowest BCUT2D eigenvalue weighted by atomic mass is 10.1. The van der Waals surface area contributed by atoms with E-state index in [1.807, 2.05) is 26.8 Å². The van der Waals surface area contributed by atoms with E-state index in [2.05, 4.69) is 24.3 Å². The number of benzene rings is 1. The first-order valence-electron chi connectivity index (χ1n) is 6.84. The van der Waals surface area contributed by atoms with Gasteiger partial charge in [0.05, 0.1) is 0 Å². The molecule has 0 amide bonds. The first-order valence-corrected chi connectivity index (χ1v) is 6.84. The van der Waals surface area contributed by atoms with Gasteiger partial charge in [0.25, 0.3) is 0 Å². The fourth-order valence-electron chi connectivity index (χ4n) is 1.78. The zero-order chi connectivity index (χ0) is 13.4. The first-order chi connectivity index (χ1) is 8.50. The number of hydrogen-bond acceptors (Lipinski definition) is 1. The molecule has 0 aromatic heterocycles. The molecular weight excluding hydrogens is 222 g/mol. The van der Waals surface area contributed by atoms with Crippen LogP contribution in [0.2, 0.25) is 0 Å². The molecule has 0 aliphatic carbocycles. The Morgan fingerprint density at radius 3 is 2.33 bits per heavy atom. The van der Waals surface area contributed by atoms with Gasteiger partial charge in [0.15, 0.2) is 11.8 Å². The summed E-state index contributed by atoms with van der Waals surface area (Å²) in [6, 6.07) is 10.6. The number of hydrogen-bond donors (Lipinski definition) is 0. The van der Waals surface area contributed by atoms with Crippen molar-refractivity contribution in [2.45, 2.75) is 58.4 Å². The fraction of sp³-hybridized carbons (Fsp3) is 0.562. The molecule has 0 spiro atoms. The Labute approximate surface area is 111 Å². The van der Waals surface area contributed by atoms with E-state index in [0.717, 1.165) is 24.0 Å². The third-order valence-electron chi connectivity index (χ3n) is 2.97. The quantitative estimate of drug-likeness (QED) is 0.243. The molecule has 0 N–H and O–H groups in total. The van der Waals surface area contributed by atoms with E-state index < -0.39 is 0 Å². The van der Waals surface area contributed by atoms with Gasteiger partial charge in [-0.3, -0.25) is 0 Å². The van der Waals surface area contributed by atoms with E-state index in [9.17, 15) is 5.21 Å². The van der Waals surface area contributed by atoms with Crippen molar-refractivity contribution in [1.82, 2.24) is 0 Å². The van der Waals surface area contributed by atoms with Crippen LogP contribution in [0.15, 0.2) is 30.3 Å². The molecule has 0 saturated heterocycles. The second-order valence-corrected chi connectivity index (χ2v) is 5.76. The highest BCUT2D eigenvalue weighted by Gasteiger charge is 2.17. The summed E-state index contributed by atoms with van der Waals surface area (Å²) in [6.07, 6.45) is 7.29. The van der Waals surface area contributed by atoms with Crippen LogP contribution in [0.4, 0.5) is 0 Å². The van der Waals surface area contributed by atoms with Crippen LogP contribution < -0.4 is 0 Å². The minimum Gasteiger partial charge on any atom is -0.624 e. The SMILES string of the molecule is CC(C)(C)[N+]([O-])=CCCCCCc1ccccc1. The van der Waals surface area contributed by atoms with Crippen molar-refractivity contribution in [2.75, 3.05) is 0 Å². The molecule has 2 heteroatoms. The van der Waals surface area contributed by atoms with E-state index in [1.54, 1.807) is 6.21 Å². The second-order valence-electron chi connectivity index (χ2n) is 5.76. The third-order valence-corrected chi connectivity index (χ3v) is 2.97. The lowest BCUT2D eigenvalue weighted by Crippen LogP contribution is -2.29. The maximum atomic E-state index is 11.6. The predicted molar refractivity (Wildman–Crippen MR) is 78.1 cm³/mol. The van der Waals surface area contributed by atoms with Gasteiger partial charge in [0, 0.05) is 27.2 Å². The standard InChI is InChI=1S/C16H25NO/c1-16(2,3)17(18)14-10-5-4-7-11-15-12-8-6-9-13-15/h6,8-9,12-14H,4-5,7,10-11H2,1-3H3. The summed E-state index contributed by atoms with van der Waals surface area (Å²) in [5.74, 6) is 0. The van der Waals surface area contributed by atoms with Gasteiger partial charge in [-0.15, -0.1) is 0 Å². The molecule has 2 nitrogen and oxygen atoms in total. The zero-order valence-electron chi connectivity index (χ0n) is 11.9. The summed E-state index contributed by atoms with van der Waals surface area (Å²) < 4.78 is 1.07. The topological polar surface area (TPSA) is 26.1 Å². The molecule has 0 radical (unpaired) electrons. The molecule has 0 bridgehead atoms. The minimum absolute atomic E-state index is 0.302. The van der Waals surface area contributed by atoms with Gasteiger partial charge in [0.1, 0.15) is 0 Å². The predicted octanol–water partition coefficient (Wildman–Crippen LogP) is 4.17. The maximum Gasteiger partial charge on any atom is 0.164 e. The van der Waals surface area contributed by atoms with Gasteiger partial charge in [-0.1, -0.05) is 36.8 Å². The lowest BCUT2D eigenvalue weighted by Gasteiger charge is -2.18. The van der Waals surface area contributed by atoms with Crippen LogP contribution in [0, 0.1) is 5.21 Å². The summed E-state index contributed by atoms with van der Waals surface area (Å²) >= 11 is 0. The van der Waals surface area contributed by atoms with Crippen LogP contribution in [0.3, 0.4) is 0 Å². The fourth-order valence-corrected chi connectivity index (χ4v) is 1.78. The molecular formula is C16H25NO. The van der Waals surface area contributed by atoms with Gasteiger partial charge < -0.3 is 5.21 Å². The van der Waals surface area contributed by atoms with Crippen LogP contribution in [0.5, 0.6) is 0 Å². The Balaban J connectivity index is 2.13. The van der Waals surface area contributed by atoms with Crippen LogP contribution in [-0.2, 0) is 6.42 Å². The molecule has 0 fully saturated rings. The average molecular weight is 247 g/mol. The van der Waals surface area contributed by atoms with Gasteiger partial charge in [-0.2, -0.15) is 0 Å². The Bertz CT molecular complexity index is 362. The van der Waals surface area contributed by atoms with Crippen molar-refractivity contribution < 1.29 is 4.74 Å². The van der Waals surface area contributed by atoms with E-state index in [0.29, 0.717) is 0 Å².